The molecular formula is C18H27NO3. The zero-order valence-corrected chi connectivity index (χ0v) is 13.7. The van der Waals surface area contributed by atoms with Crippen LogP contribution in [0.25, 0.3) is 0 Å². The van der Waals surface area contributed by atoms with Crippen molar-refractivity contribution in [3.05, 3.63) is 29.8 Å². The first-order valence-corrected chi connectivity index (χ1v) is 8.42. The van der Waals surface area contributed by atoms with Crippen molar-refractivity contribution in [2.24, 2.45) is 5.92 Å². The van der Waals surface area contributed by atoms with Crippen LogP contribution >= 0.6 is 0 Å². The van der Waals surface area contributed by atoms with Crippen LogP contribution in [-0.2, 0) is 16.0 Å². The highest BCUT2D eigenvalue weighted by Crippen LogP contribution is 2.28. The molecule has 1 aromatic carbocycles. The number of likely N-dealkylation sites (tertiary alicyclic amines) is 1. The average molecular weight is 305 g/mol. The first-order valence-electron chi connectivity index (χ1n) is 8.42. The molecule has 0 amide bonds. The molecule has 2 saturated heterocycles. The molecule has 4 heteroatoms. The number of benzene rings is 1. The highest BCUT2D eigenvalue weighted by molar-refractivity contribution is 5.33. The van der Waals surface area contributed by atoms with E-state index in [-0.39, 0.29) is 12.4 Å². The Hall–Kier alpha value is -1.10. The summed E-state index contributed by atoms with van der Waals surface area (Å²) < 4.78 is 17.2. The fourth-order valence-electron chi connectivity index (χ4n) is 3.28. The van der Waals surface area contributed by atoms with Gasteiger partial charge in [-0.2, -0.15) is 0 Å². The van der Waals surface area contributed by atoms with E-state index in [1.165, 1.54) is 5.56 Å². The minimum atomic E-state index is 0.0405. The summed E-state index contributed by atoms with van der Waals surface area (Å²) in [7, 11) is 0. The summed E-state index contributed by atoms with van der Waals surface area (Å²) >= 11 is 0. The van der Waals surface area contributed by atoms with Crippen LogP contribution in [0.4, 0.5) is 0 Å². The second-order valence-corrected chi connectivity index (χ2v) is 6.50. The first-order chi connectivity index (χ1) is 10.7. The van der Waals surface area contributed by atoms with Crippen molar-refractivity contribution < 1.29 is 14.2 Å². The molecule has 0 saturated carbocycles. The summed E-state index contributed by atoms with van der Waals surface area (Å²) in [5.74, 6) is 1.57. The van der Waals surface area contributed by atoms with Crippen molar-refractivity contribution in [2.75, 3.05) is 26.3 Å². The Morgan fingerprint density at radius 3 is 2.50 bits per heavy atom. The number of hydrogen-bond acceptors (Lipinski definition) is 4. The fourth-order valence-corrected chi connectivity index (χ4v) is 3.28. The van der Waals surface area contributed by atoms with Gasteiger partial charge in [-0.15, -0.1) is 0 Å². The van der Waals surface area contributed by atoms with E-state index in [9.17, 15) is 0 Å². The minimum Gasteiger partial charge on any atom is -0.491 e. The Bertz CT molecular complexity index is 463. The number of piperidine rings is 1. The topological polar surface area (TPSA) is 30.9 Å². The van der Waals surface area contributed by atoms with Crippen molar-refractivity contribution in [3.63, 3.8) is 0 Å². The Morgan fingerprint density at radius 1 is 1.14 bits per heavy atom. The van der Waals surface area contributed by atoms with Crippen LogP contribution in [0.15, 0.2) is 24.3 Å². The third-order valence-electron chi connectivity index (χ3n) is 4.39. The summed E-state index contributed by atoms with van der Waals surface area (Å²) in [5.41, 5.74) is 1.28. The summed E-state index contributed by atoms with van der Waals surface area (Å²) in [5, 5.41) is 0. The van der Waals surface area contributed by atoms with Crippen molar-refractivity contribution in [1.29, 1.82) is 0 Å². The number of para-hydroxylation sites is 1. The largest absolute Gasteiger partial charge is 0.491 e. The predicted molar refractivity (Wildman–Crippen MR) is 85.9 cm³/mol. The van der Waals surface area contributed by atoms with Gasteiger partial charge < -0.3 is 14.2 Å². The minimum absolute atomic E-state index is 0.0405. The fraction of sp³-hybridized carbons (Fsp3) is 0.667. The smallest absolute Gasteiger partial charge is 0.160 e. The molecule has 2 heterocycles. The maximum absolute atomic E-state index is 5.92. The lowest BCUT2D eigenvalue weighted by molar-refractivity contribution is -0.0978. The SMILES string of the molecule is CC(C)Oc1ccccc1CN1CCC(C2OCCO2)CC1. The second-order valence-electron chi connectivity index (χ2n) is 6.50. The molecule has 2 aliphatic rings. The maximum atomic E-state index is 5.92. The molecule has 22 heavy (non-hydrogen) atoms. The highest BCUT2D eigenvalue weighted by Gasteiger charge is 2.30. The van der Waals surface area contributed by atoms with E-state index in [2.05, 4.69) is 36.9 Å². The Kier molecular flexibility index (Phi) is 5.34. The van der Waals surface area contributed by atoms with Crippen LogP contribution in [0.3, 0.4) is 0 Å². The summed E-state index contributed by atoms with van der Waals surface area (Å²) in [6.07, 6.45) is 2.55. The molecule has 4 nitrogen and oxygen atoms in total. The summed E-state index contributed by atoms with van der Waals surface area (Å²) in [6.45, 7) is 8.82. The standard InChI is InChI=1S/C18H27NO3/c1-14(2)22-17-6-4-3-5-16(17)13-19-9-7-15(8-10-19)18-20-11-12-21-18/h3-6,14-15,18H,7-13H2,1-2H3. The lowest BCUT2D eigenvalue weighted by Crippen LogP contribution is -2.37. The van der Waals surface area contributed by atoms with Gasteiger partial charge in [0.2, 0.25) is 0 Å². The zero-order chi connectivity index (χ0) is 15.4. The molecule has 0 atom stereocenters. The molecule has 0 aromatic heterocycles. The first kappa shape index (κ1) is 15.8. The van der Waals surface area contributed by atoms with E-state index in [0.29, 0.717) is 5.92 Å². The molecule has 122 valence electrons. The monoisotopic (exact) mass is 305 g/mol. The van der Waals surface area contributed by atoms with Gasteiger partial charge in [0.15, 0.2) is 6.29 Å². The molecule has 0 N–H and O–H groups in total. The zero-order valence-electron chi connectivity index (χ0n) is 13.7. The van der Waals surface area contributed by atoms with Gasteiger partial charge in [0.25, 0.3) is 0 Å². The molecule has 0 radical (unpaired) electrons. The van der Waals surface area contributed by atoms with Gasteiger partial charge in [-0.25, -0.2) is 0 Å². The van der Waals surface area contributed by atoms with Gasteiger partial charge in [-0.1, -0.05) is 18.2 Å². The van der Waals surface area contributed by atoms with E-state index in [4.69, 9.17) is 14.2 Å². The molecule has 3 rings (SSSR count). The molecular weight excluding hydrogens is 278 g/mol. The molecule has 0 bridgehead atoms. The van der Waals surface area contributed by atoms with E-state index >= 15 is 0 Å². The van der Waals surface area contributed by atoms with Crippen LogP contribution < -0.4 is 4.74 Å². The van der Waals surface area contributed by atoms with Gasteiger partial charge in [-0.3, -0.25) is 4.90 Å². The van der Waals surface area contributed by atoms with E-state index in [0.717, 1.165) is 51.4 Å². The van der Waals surface area contributed by atoms with Crippen molar-refractivity contribution >= 4 is 0 Å². The highest BCUT2D eigenvalue weighted by atomic mass is 16.7. The number of ether oxygens (including phenoxy) is 3. The quantitative estimate of drug-likeness (QED) is 0.836. The Morgan fingerprint density at radius 2 is 1.82 bits per heavy atom. The third-order valence-corrected chi connectivity index (χ3v) is 4.39. The Labute approximate surface area is 133 Å². The van der Waals surface area contributed by atoms with E-state index in [1.807, 2.05) is 6.07 Å². The number of nitrogens with zero attached hydrogens (tertiary/aromatic N) is 1. The summed E-state index contributed by atoms with van der Waals surface area (Å²) in [4.78, 5) is 2.51. The van der Waals surface area contributed by atoms with Crippen molar-refractivity contribution in [1.82, 2.24) is 4.90 Å². The van der Waals surface area contributed by atoms with Crippen LogP contribution in [0, 0.1) is 5.92 Å². The van der Waals surface area contributed by atoms with Gasteiger partial charge >= 0.3 is 0 Å². The molecule has 2 aliphatic heterocycles. The average Bonchev–Trinajstić information content (AvgIpc) is 3.04. The van der Waals surface area contributed by atoms with Gasteiger partial charge in [0.1, 0.15) is 5.75 Å². The van der Waals surface area contributed by atoms with Crippen LogP contribution in [0.5, 0.6) is 5.75 Å². The summed E-state index contributed by atoms with van der Waals surface area (Å²) in [6, 6.07) is 8.38. The normalized spacial score (nSPS) is 21.6. The van der Waals surface area contributed by atoms with Crippen molar-refractivity contribution in [2.45, 2.75) is 45.6 Å². The Balaban J connectivity index is 1.54. The van der Waals surface area contributed by atoms with Crippen molar-refractivity contribution in [3.8, 4) is 5.75 Å². The van der Waals surface area contributed by atoms with Crippen LogP contribution in [-0.4, -0.2) is 43.6 Å². The predicted octanol–water partition coefficient (Wildman–Crippen LogP) is 3.06. The van der Waals surface area contributed by atoms with E-state index in [1.54, 1.807) is 0 Å². The van der Waals surface area contributed by atoms with E-state index < -0.39 is 0 Å². The second kappa shape index (κ2) is 7.44. The molecule has 0 aliphatic carbocycles. The maximum Gasteiger partial charge on any atom is 0.160 e. The van der Waals surface area contributed by atoms with Gasteiger partial charge in [-0.05, 0) is 45.8 Å². The van der Waals surface area contributed by atoms with Crippen LogP contribution in [0.1, 0.15) is 32.3 Å². The molecule has 2 fully saturated rings. The number of rotatable bonds is 5. The molecule has 0 spiro atoms. The van der Waals surface area contributed by atoms with Gasteiger partial charge in [0, 0.05) is 18.0 Å². The molecule has 1 aromatic rings. The number of hydrogen-bond donors (Lipinski definition) is 0. The van der Waals surface area contributed by atoms with Crippen LogP contribution in [0.2, 0.25) is 0 Å². The third kappa shape index (κ3) is 4.00. The molecule has 0 unspecified atom stereocenters. The lowest BCUT2D eigenvalue weighted by atomic mass is 9.96. The lowest BCUT2D eigenvalue weighted by Gasteiger charge is -2.34. The van der Waals surface area contributed by atoms with Gasteiger partial charge in [0.05, 0.1) is 19.3 Å².